The summed E-state index contributed by atoms with van der Waals surface area (Å²) in [4.78, 5) is 30.3. The maximum Gasteiger partial charge on any atom is 0.278 e. The molecule has 0 bridgehead atoms. The first-order valence-electron chi connectivity index (χ1n) is 11.0. The van der Waals surface area contributed by atoms with Crippen LogP contribution in [0.2, 0.25) is 0 Å². The summed E-state index contributed by atoms with van der Waals surface area (Å²) in [7, 11) is 1.61. The Hall–Kier alpha value is -4.06. The van der Waals surface area contributed by atoms with Gasteiger partial charge in [-0.1, -0.05) is 48.5 Å². The van der Waals surface area contributed by atoms with Crippen molar-refractivity contribution in [2.75, 3.05) is 31.7 Å². The molecule has 0 N–H and O–H groups in total. The Bertz CT molecular complexity index is 1220. The molecule has 6 nitrogen and oxygen atoms in total. The molecule has 0 saturated carbocycles. The van der Waals surface area contributed by atoms with Gasteiger partial charge < -0.3 is 14.4 Å². The van der Waals surface area contributed by atoms with Gasteiger partial charge in [-0.05, 0) is 47.9 Å². The molecule has 0 spiro atoms. The standard InChI is InChI=1S/C27H24N2O4/c1-32-21-11-13-22(14-12-21)33-18-17-29-26(30)24(20-8-3-2-4-9-20)25(27(29)31)28-16-15-19-7-5-6-10-23(19)28/h2-14H,15-18H2,1H3. The lowest BCUT2D eigenvalue weighted by Gasteiger charge is -2.22. The van der Waals surface area contributed by atoms with Crippen LogP contribution in [-0.4, -0.2) is 43.5 Å². The van der Waals surface area contributed by atoms with Gasteiger partial charge in [0.25, 0.3) is 11.8 Å². The van der Waals surface area contributed by atoms with Gasteiger partial charge in [0, 0.05) is 12.2 Å². The van der Waals surface area contributed by atoms with Crippen LogP contribution in [0.5, 0.6) is 11.5 Å². The van der Waals surface area contributed by atoms with Gasteiger partial charge in [-0.25, -0.2) is 0 Å². The van der Waals surface area contributed by atoms with Gasteiger partial charge in [-0.15, -0.1) is 0 Å². The molecule has 0 atom stereocenters. The van der Waals surface area contributed by atoms with E-state index in [2.05, 4.69) is 6.07 Å². The van der Waals surface area contributed by atoms with Crippen LogP contribution in [0.4, 0.5) is 5.69 Å². The van der Waals surface area contributed by atoms with E-state index in [-0.39, 0.29) is 25.0 Å². The number of benzene rings is 3. The first-order valence-corrected chi connectivity index (χ1v) is 11.0. The molecule has 3 aromatic rings. The van der Waals surface area contributed by atoms with Gasteiger partial charge >= 0.3 is 0 Å². The maximum absolute atomic E-state index is 13.6. The molecule has 6 heteroatoms. The fourth-order valence-corrected chi connectivity index (χ4v) is 4.38. The predicted octanol–water partition coefficient (Wildman–Crippen LogP) is 3.92. The molecular formula is C27H24N2O4. The zero-order valence-electron chi connectivity index (χ0n) is 18.4. The van der Waals surface area contributed by atoms with Crippen LogP contribution >= 0.6 is 0 Å². The van der Waals surface area contributed by atoms with Crippen molar-refractivity contribution in [3.63, 3.8) is 0 Å². The normalized spacial score (nSPS) is 15.3. The third kappa shape index (κ3) is 3.84. The second-order valence-corrected chi connectivity index (χ2v) is 7.91. The molecule has 0 aromatic heterocycles. The fourth-order valence-electron chi connectivity index (χ4n) is 4.38. The number of rotatable bonds is 7. The highest BCUT2D eigenvalue weighted by Gasteiger charge is 2.43. The molecule has 2 heterocycles. The minimum absolute atomic E-state index is 0.166. The monoisotopic (exact) mass is 440 g/mol. The summed E-state index contributed by atoms with van der Waals surface area (Å²) < 4.78 is 10.9. The molecule has 3 aromatic carbocycles. The van der Waals surface area contributed by atoms with Gasteiger partial charge in [0.1, 0.15) is 23.8 Å². The van der Waals surface area contributed by atoms with E-state index >= 15 is 0 Å². The van der Waals surface area contributed by atoms with Gasteiger partial charge in [0.05, 0.1) is 19.2 Å². The highest BCUT2D eigenvalue weighted by Crippen LogP contribution is 2.38. The Morgan fingerprint density at radius 2 is 1.52 bits per heavy atom. The fraction of sp³-hybridized carbons (Fsp3) is 0.185. The Morgan fingerprint density at radius 1 is 0.818 bits per heavy atom. The zero-order chi connectivity index (χ0) is 22.8. The summed E-state index contributed by atoms with van der Waals surface area (Å²) in [5, 5.41) is 0. The smallest absolute Gasteiger partial charge is 0.278 e. The number of methoxy groups -OCH3 is 1. The number of amides is 2. The van der Waals surface area contributed by atoms with E-state index in [1.807, 2.05) is 53.4 Å². The lowest BCUT2D eigenvalue weighted by molar-refractivity contribution is -0.137. The second kappa shape index (κ2) is 8.82. The summed E-state index contributed by atoms with van der Waals surface area (Å²) in [5.41, 5.74) is 3.80. The number of fused-ring (bicyclic) bond motifs is 1. The van der Waals surface area contributed by atoms with Crippen molar-refractivity contribution in [3.8, 4) is 11.5 Å². The molecule has 33 heavy (non-hydrogen) atoms. The lowest BCUT2D eigenvalue weighted by atomic mass is 10.0. The average Bonchev–Trinajstić information content (AvgIpc) is 3.38. The van der Waals surface area contributed by atoms with Crippen molar-refractivity contribution in [3.05, 3.63) is 95.7 Å². The topological polar surface area (TPSA) is 59.1 Å². The maximum atomic E-state index is 13.6. The first-order chi connectivity index (χ1) is 16.2. The number of nitrogens with zero attached hydrogens (tertiary/aromatic N) is 2. The van der Waals surface area contributed by atoms with Gasteiger partial charge in [-0.2, -0.15) is 0 Å². The largest absolute Gasteiger partial charge is 0.497 e. The lowest BCUT2D eigenvalue weighted by Crippen LogP contribution is -2.37. The molecule has 0 aliphatic carbocycles. The molecule has 2 amide bonds. The summed E-state index contributed by atoms with van der Waals surface area (Å²) in [6, 6.07) is 24.6. The predicted molar refractivity (Wildman–Crippen MR) is 126 cm³/mol. The molecule has 0 unspecified atom stereocenters. The minimum Gasteiger partial charge on any atom is -0.497 e. The highest BCUT2D eigenvalue weighted by molar-refractivity contribution is 6.36. The first kappa shape index (κ1) is 20.8. The molecule has 0 radical (unpaired) electrons. The molecule has 2 aliphatic rings. The number of ether oxygens (including phenoxy) is 2. The molecular weight excluding hydrogens is 416 g/mol. The molecule has 5 rings (SSSR count). The van der Waals surface area contributed by atoms with Crippen molar-refractivity contribution in [2.45, 2.75) is 6.42 Å². The molecule has 2 aliphatic heterocycles. The van der Waals surface area contributed by atoms with Gasteiger partial charge in [0.15, 0.2) is 0 Å². The second-order valence-electron chi connectivity index (χ2n) is 7.91. The van der Waals surface area contributed by atoms with Gasteiger partial charge in [-0.3, -0.25) is 14.5 Å². The Morgan fingerprint density at radius 3 is 2.27 bits per heavy atom. The Balaban J connectivity index is 1.41. The number of para-hydroxylation sites is 1. The summed E-state index contributed by atoms with van der Waals surface area (Å²) in [5.74, 6) is 0.817. The number of hydrogen-bond donors (Lipinski definition) is 0. The summed E-state index contributed by atoms with van der Waals surface area (Å²) in [6.45, 7) is 1.04. The van der Waals surface area contributed by atoms with Crippen LogP contribution in [0.1, 0.15) is 11.1 Å². The van der Waals surface area contributed by atoms with E-state index < -0.39 is 0 Å². The van der Waals surface area contributed by atoms with E-state index in [0.717, 1.165) is 23.4 Å². The van der Waals surface area contributed by atoms with E-state index in [1.165, 1.54) is 10.5 Å². The minimum atomic E-state index is -0.288. The highest BCUT2D eigenvalue weighted by atomic mass is 16.5. The van der Waals surface area contributed by atoms with E-state index in [0.29, 0.717) is 23.6 Å². The number of carbonyl (C=O) groups is 2. The number of imide groups is 1. The van der Waals surface area contributed by atoms with Crippen molar-refractivity contribution in [2.24, 2.45) is 0 Å². The zero-order valence-corrected chi connectivity index (χ0v) is 18.4. The van der Waals surface area contributed by atoms with Crippen LogP contribution in [0.25, 0.3) is 5.57 Å². The van der Waals surface area contributed by atoms with E-state index in [9.17, 15) is 9.59 Å². The molecule has 0 saturated heterocycles. The Labute approximate surface area is 192 Å². The number of carbonyl (C=O) groups excluding carboxylic acids is 2. The summed E-state index contributed by atoms with van der Waals surface area (Å²) >= 11 is 0. The summed E-state index contributed by atoms with van der Waals surface area (Å²) in [6.07, 6.45) is 0.837. The van der Waals surface area contributed by atoms with Crippen LogP contribution in [-0.2, 0) is 16.0 Å². The quantitative estimate of drug-likeness (QED) is 0.522. The van der Waals surface area contributed by atoms with Crippen LogP contribution in [0.15, 0.2) is 84.6 Å². The van der Waals surface area contributed by atoms with Crippen molar-refractivity contribution in [1.82, 2.24) is 4.90 Å². The van der Waals surface area contributed by atoms with Gasteiger partial charge in [0.2, 0.25) is 0 Å². The number of anilines is 1. The third-order valence-electron chi connectivity index (χ3n) is 6.01. The van der Waals surface area contributed by atoms with Crippen molar-refractivity contribution < 1.29 is 19.1 Å². The van der Waals surface area contributed by atoms with Crippen LogP contribution in [0.3, 0.4) is 0 Å². The van der Waals surface area contributed by atoms with Crippen LogP contribution < -0.4 is 14.4 Å². The SMILES string of the molecule is COc1ccc(OCCN2C(=O)C(c3ccccc3)=C(N3CCc4ccccc43)C2=O)cc1. The molecule has 166 valence electrons. The van der Waals surface area contributed by atoms with E-state index in [1.54, 1.807) is 31.4 Å². The molecule has 0 fully saturated rings. The Kier molecular flexibility index (Phi) is 5.57. The van der Waals surface area contributed by atoms with Crippen molar-refractivity contribution >= 4 is 23.1 Å². The average molecular weight is 440 g/mol. The third-order valence-corrected chi connectivity index (χ3v) is 6.01. The van der Waals surface area contributed by atoms with Crippen molar-refractivity contribution in [1.29, 1.82) is 0 Å². The van der Waals surface area contributed by atoms with E-state index in [4.69, 9.17) is 9.47 Å². The number of hydrogen-bond acceptors (Lipinski definition) is 5. The van der Waals surface area contributed by atoms with Crippen LogP contribution in [0, 0.1) is 0 Å².